The third-order valence-electron chi connectivity index (χ3n) is 3.29. The van der Waals surface area contributed by atoms with E-state index >= 15 is 0 Å². The van der Waals surface area contributed by atoms with Crippen LogP contribution in [0.1, 0.15) is 24.2 Å². The number of nitrogens with one attached hydrogen (secondary N) is 2. The summed E-state index contributed by atoms with van der Waals surface area (Å²) in [6, 6.07) is 2.10. The van der Waals surface area contributed by atoms with Crippen molar-refractivity contribution in [1.82, 2.24) is 10.6 Å². The van der Waals surface area contributed by atoms with E-state index in [1.54, 1.807) is 6.92 Å². The fourth-order valence-electron chi connectivity index (χ4n) is 2.12. The summed E-state index contributed by atoms with van der Waals surface area (Å²) in [4.78, 5) is 35.4. The predicted molar refractivity (Wildman–Crippen MR) is 89.0 cm³/mol. The lowest BCUT2D eigenvalue weighted by molar-refractivity contribution is -0.130. The Morgan fingerprint density at radius 3 is 2.72 bits per heavy atom. The maximum atomic E-state index is 12.1. The molecule has 2 N–H and O–H groups in total. The second-order valence-corrected chi connectivity index (χ2v) is 5.65. The first-order valence-electron chi connectivity index (χ1n) is 7.75. The first-order chi connectivity index (χ1) is 11.9. The highest BCUT2D eigenvalue weighted by Crippen LogP contribution is 2.38. The summed E-state index contributed by atoms with van der Waals surface area (Å²) < 4.78 is 15.7. The van der Waals surface area contributed by atoms with Crippen LogP contribution in [0.25, 0.3) is 0 Å². The summed E-state index contributed by atoms with van der Waals surface area (Å²) in [5.74, 6) is -0.922. The lowest BCUT2D eigenvalue weighted by Crippen LogP contribution is -2.46. The molecule has 0 radical (unpaired) electrons. The van der Waals surface area contributed by atoms with Gasteiger partial charge in [0.25, 0.3) is 5.91 Å². The van der Waals surface area contributed by atoms with Gasteiger partial charge in [-0.05, 0) is 26.0 Å². The molecular formula is C16H19ClN2O6. The largest absolute Gasteiger partial charge is 0.486 e. The van der Waals surface area contributed by atoms with Crippen LogP contribution in [0.5, 0.6) is 11.5 Å². The zero-order valence-corrected chi connectivity index (χ0v) is 14.6. The lowest BCUT2D eigenvalue weighted by atomic mass is 10.2. The molecule has 0 unspecified atom stereocenters. The number of benzene rings is 1. The Bertz CT molecular complexity index is 679. The summed E-state index contributed by atoms with van der Waals surface area (Å²) in [6.07, 6.45) is 0. The van der Waals surface area contributed by atoms with E-state index in [0.717, 1.165) is 0 Å². The fraction of sp³-hybridized carbons (Fsp3) is 0.438. The maximum absolute atomic E-state index is 12.1. The number of hydrogen-bond donors (Lipinski definition) is 2. The molecule has 136 valence electrons. The van der Waals surface area contributed by atoms with Crippen molar-refractivity contribution in [2.75, 3.05) is 26.4 Å². The highest BCUT2D eigenvalue weighted by atomic mass is 35.5. The van der Waals surface area contributed by atoms with Crippen LogP contribution in [0.15, 0.2) is 12.1 Å². The van der Waals surface area contributed by atoms with Crippen molar-refractivity contribution in [1.29, 1.82) is 0 Å². The van der Waals surface area contributed by atoms with Crippen molar-refractivity contribution in [2.45, 2.75) is 19.9 Å². The van der Waals surface area contributed by atoms with Crippen molar-refractivity contribution in [2.24, 2.45) is 0 Å². The minimum atomic E-state index is -0.736. The van der Waals surface area contributed by atoms with Gasteiger partial charge in [0.15, 0.2) is 18.1 Å². The molecule has 0 saturated carbocycles. The molecule has 1 atom stereocenters. The number of ether oxygens (including phenoxy) is 3. The van der Waals surface area contributed by atoms with Crippen LogP contribution in [-0.4, -0.2) is 50.2 Å². The second kappa shape index (κ2) is 8.57. The highest BCUT2D eigenvalue weighted by molar-refractivity contribution is 6.32. The first-order valence-corrected chi connectivity index (χ1v) is 8.13. The zero-order chi connectivity index (χ0) is 18.4. The number of hydrogen-bond acceptors (Lipinski definition) is 6. The third kappa shape index (κ3) is 4.99. The van der Waals surface area contributed by atoms with Gasteiger partial charge in [0, 0.05) is 6.54 Å². The van der Waals surface area contributed by atoms with E-state index in [4.69, 9.17) is 25.8 Å². The molecule has 0 aliphatic carbocycles. The molecule has 0 fully saturated rings. The van der Waals surface area contributed by atoms with E-state index in [0.29, 0.717) is 31.3 Å². The van der Waals surface area contributed by atoms with Crippen LogP contribution >= 0.6 is 11.6 Å². The number of rotatable bonds is 6. The van der Waals surface area contributed by atoms with Gasteiger partial charge in [0.2, 0.25) is 5.91 Å². The van der Waals surface area contributed by atoms with Crippen molar-refractivity contribution in [3.05, 3.63) is 22.7 Å². The van der Waals surface area contributed by atoms with Gasteiger partial charge in [0.1, 0.15) is 19.3 Å². The average molecular weight is 371 g/mol. The normalized spacial score (nSPS) is 13.6. The molecule has 1 aliphatic rings. The molecule has 0 spiro atoms. The average Bonchev–Trinajstić information content (AvgIpc) is 2.59. The minimum absolute atomic E-state index is 0.138. The molecular weight excluding hydrogens is 352 g/mol. The molecule has 1 aromatic carbocycles. The molecule has 1 heterocycles. The molecule has 0 aromatic heterocycles. The third-order valence-corrected chi connectivity index (χ3v) is 3.57. The Morgan fingerprint density at radius 2 is 2.00 bits per heavy atom. The van der Waals surface area contributed by atoms with Gasteiger partial charge in [-0.25, -0.2) is 4.79 Å². The molecule has 8 nitrogen and oxygen atoms in total. The number of amides is 2. The van der Waals surface area contributed by atoms with E-state index < -0.39 is 24.5 Å². The van der Waals surface area contributed by atoms with Gasteiger partial charge in [-0.15, -0.1) is 0 Å². The van der Waals surface area contributed by atoms with E-state index in [2.05, 4.69) is 10.6 Å². The number of fused-ring (bicyclic) bond motifs is 1. The summed E-state index contributed by atoms with van der Waals surface area (Å²) in [5, 5.41) is 5.23. The molecule has 0 bridgehead atoms. The van der Waals surface area contributed by atoms with Crippen LogP contribution < -0.4 is 20.1 Å². The Hall–Kier alpha value is -2.48. The van der Waals surface area contributed by atoms with E-state index in [1.165, 1.54) is 19.1 Å². The molecule has 9 heteroatoms. The highest BCUT2D eigenvalue weighted by Gasteiger charge is 2.21. The predicted octanol–water partition coefficient (Wildman–Crippen LogP) is 0.909. The SMILES string of the molecule is CCNC(=O)[C@H](C)NC(=O)COC(=O)c1cc(Cl)c2c(c1)OCCO2. The Balaban J connectivity index is 1.91. The van der Waals surface area contributed by atoms with Crippen LogP contribution in [0.4, 0.5) is 0 Å². The molecule has 2 amide bonds. The number of carbonyl (C=O) groups excluding carboxylic acids is 3. The first kappa shape index (κ1) is 18.9. The maximum Gasteiger partial charge on any atom is 0.338 e. The van der Waals surface area contributed by atoms with E-state index in [1.807, 2.05) is 0 Å². The van der Waals surface area contributed by atoms with Gasteiger partial charge in [-0.3, -0.25) is 9.59 Å². The monoisotopic (exact) mass is 370 g/mol. The number of esters is 1. The molecule has 2 rings (SSSR count). The smallest absolute Gasteiger partial charge is 0.338 e. The summed E-state index contributed by atoms with van der Waals surface area (Å²) in [6.45, 7) is 3.97. The summed E-state index contributed by atoms with van der Waals surface area (Å²) >= 11 is 6.05. The molecule has 0 saturated heterocycles. The standard InChI is InChI=1S/C16H19ClN2O6/c1-3-18-15(21)9(2)19-13(20)8-25-16(22)10-6-11(17)14-12(7-10)23-4-5-24-14/h6-7,9H,3-5,8H2,1-2H3,(H,18,21)(H,19,20)/t9-/m0/s1. The number of carbonyl (C=O) groups is 3. The lowest BCUT2D eigenvalue weighted by Gasteiger charge is -2.20. The number of halogens is 1. The number of likely N-dealkylation sites (N-methyl/N-ethyl adjacent to an activating group) is 1. The van der Waals surface area contributed by atoms with Crippen molar-refractivity contribution in [3.8, 4) is 11.5 Å². The Labute approximate surface area is 149 Å². The second-order valence-electron chi connectivity index (χ2n) is 5.24. The van der Waals surface area contributed by atoms with Gasteiger partial charge in [-0.2, -0.15) is 0 Å². The van der Waals surface area contributed by atoms with E-state index in [-0.39, 0.29) is 16.5 Å². The van der Waals surface area contributed by atoms with Crippen LogP contribution in [0.2, 0.25) is 5.02 Å². The van der Waals surface area contributed by atoms with Crippen molar-refractivity contribution in [3.63, 3.8) is 0 Å². The van der Waals surface area contributed by atoms with Crippen LogP contribution in [-0.2, 0) is 14.3 Å². The van der Waals surface area contributed by atoms with Gasteiger partial charge < -0.3 is 24.8 Å². The summed E-state index contributed by atoms with van der Waals surface area (Å²) in [5.41, 5.74) is 0.138. The van der Waals surface area contributed by atoms with Crippen molar-refractivity contribution >= 4 is 29.4 Å². The van der Waals surface area contributed by atoms with E-state index in [9.17, 15) is 14.4 Å². The van der Waals surface area contributed by atoms with Gasteiger partial charge in [-0.1, -0.05) is 11.6 Å². The van der Waals surface area contributed by atoms with Gasteiger partial charge >= 0.3 is 5.97 Å². The molecule has 1 aliphatic heterocycles. The van der Waals surface area contributed by atoms with Crippen LogP contribution in [0.3, 0.4) is 0 Å². The van der Waals surface area contributed by atoms with Crippen LogP contribution in [0, 0.1) is 0 Å². The quantitative estimate of drug-likeness (QED) is 0.721. The van der Waals surface area contributed by atoms with Gasteiger partial charge in [0.05, 0.1) is 10.6 Å². The summed E-state index contributed by atoms with van der Waals surface area (Å²) in [7, 11) is 0. The molecule has 25 heavy (non-hydrogen) atoms. The topological polar surface area (TPSA) is 103 Å². The minimum Gasteiger partial charge on any atom is -0.486 e. The Kier molecular flexibility index (Phi) is 6.46. The molecule has 1 aromatic rings. The fourth-order valence-corrected chi connectivity index (χ4v) is 2.38. The van der Waals surface area contributed by atoms with Crippen molar-refractivity contribution < 1.29 is 28.6 Å². The Morgan fingerprint density at radius 1 is 1.28 bits per heavy atom. The zero-order valence-electron chi connectivity index (χ0n) is 13.9.